The van der Waals surface area contributed by atoms with Crippen molar-refractivity contribution < 1.29 is 14.3 Å². The van der Waals surface area contributed by atoms with E-state index in [1.165, 1.54) is 7.11 Å². The van der Waals surface area contributed by atoms with Gasteiger partial charge in [-0.05, 0) is 45.4 Å². The van der Waals surface area contributed by atoms with Gasteiger partial charge in [0.2, 0.25) is 0 Å². The second-order valence-electron chi connectivity index (χ2n) is 7.65. The van der Waals surface area contributed by atoms with Crippen LogP contribution in [0.5, 0.6) is 0 Å². The number of nitrogens with zero attached hydrogens (tertiary/aromatic N) is 4. The van der Waals surface area contributed by atoms with Crippen molar-refractivity contribution in [1.29, 1.82) is 0 Å². The molecule has 8 heteroatoms. The summed E-state index contributed by atoms with van der Waals surface area (Å²) in [6, 6.07) is 7.26. The average Bonchev–Trinajstić information content (AvgIpc) is 3.16. The lowest BCUT2D eigenvalue weighted by atomic mass is 9.92. The van der Waals surface area contributed by atoms with E-state index in [0.29, 0.717) is 28.0 Å². The van der Waals surface area contributed by atoms with Crippen molar-refractivity contribution in [2.45, 2.75) is 52.1 Å². The van der Waals surface area contributed by atoms with Gasteiger partial charge in [-0.3, -0.25) is 14.6 Å². The fourth-order valence-electron chi connectivity index (χ4n) is 3.39. The highest BCUT2D eigenvalue weighted by atomic mass is 16.5. The molecule has 0 saturated heterocycles. The Bertz CT molecular complexity index is 1060. The third-order valence-electron chi connectivity index (χ3n) is 5.29. The monoisotopic (exact) mass is 409 g/mol. The van der Waals surface area contributed by atoms with Crippen LogP contribution in [0.15, 0.2) is 36.7 Å². The van der Waals surface area contributed by atoms with E-state index in [-0.39, 0.29) is 18.4 Å². The predicted octanol–water partition coefficient (Wildman–Crippen LogP) is 3.31. The van der Waals surface area contributed by atoms with Crippen LogP contribution >= 0.6 is 0 Å². The fraction of sp³-hybridized carbons (Fsp3) is 0.409. The molecule has 0 aliphatic carbocycles. The summed E-state index contributed by atoms with van der Waals surface area (Å²) >= 11 is 0. The number of carbonyl (C=O) groups is 2. The molecule has 1 N–H and O–H groups in total. The van der Waals surface area contributed by atoms with Gasteiger partial charge in [-0.2, -0.15) is 5.10 Å². The molecule has 2 atom stereocenters. The normalized spacial score (nSPS) is 14.2. The quantitative estimate of drug-likeness (QED) is 0.601. The maximum absolute atomic E-state index is 13.4. The first kappa shape index (κ1) is 21.4. The molecule has 158 valence electrons. The Balaban J connectivity index is 2.03. The van der Waals surface area contributed by atoms with Crippen molar-refractivity contribution in [1.82, 2.24) is 25.1 Å². The molecule has 8 nitrogen and oxygen atoms in total. The van der Waals surface area contributed by atoms with Crippen molar-refractivity contribution in [3.63, 3.8) is 0 Å². The van der Waals surface area contributed by atoms with Crippen LogP contribution in [0.25, 0.3) is 11.0 Å². The van der Waals surface area contributed by atoms with Gasteiger partial charge < -0.3 is 10.1 Å². The molecular weight excluding hydrogens is 382 g/mol. The first-order valence-electron chi connectivity index (χ1n) is 9.94. The van der Waals surface area contributed by atoms with Crippen LogP contribution in [-0.4, -0.2) is 38.7 Å². The number of rotatable bonds is 7. The second-order valence-corrected chi connectivity index (χ2v) is 7.65. The average molecular weight is 409 g/mol. The number of carbonyl (C=O) groups excluding carboxylic acids is 2. The number of hydrogen-bond acceptors (Lipinski definition) is 6. The molecular formula is C22H27N5O3. The Kier molecular flexibility index (Phi) is 6.14. The zero-order valence-electron chi connectivity index (χ0n) is 18.0. The highest BCUT2D eigenvalue weighted by molar-refractivity contribution is 6.06. The summed E-state index contributed by atoms with van der Waals surface area (Å²) in [7, 11) is 1.32. The molecule has 0 unspecified atom stereocenters. The molecule has 0 aliphatic heterocycles. The minimum atomic E-state index is -1.04. The summed E-state index contributed by atoms with van der Waals surface area (Å²) in [5, 5.41) is 8.12. The van der Waals surface area contributed by atoms with Crippen molar-refractivity contribution in [2.75, 3.05) is 7.11 Å². The van der Waals surface area contributed by atoms with Crippen LogP contribution in [0.3, 0.4) is 0 Å². The van der Waals surface area contributed by atoms with E-state index in [1.54, 1.807) is 37.5 Å². The lowest BCUT2D eigenvalue weighted by Crippen LogP contribution is -2.46. The van der Waals surface area contributed by atoms with Crippen molar-refractivity contribution in [2.24, 2.45) is 0 Å². The fourth-order valence-corrected chi connectivity index (χ4v) is 3.39. The van der Waals surface area contributed by atoms with Crippen LogP contribution in [-0.2, 0) is 15.1 Å². The van der Waals surface area contributed by atoms with Gasteiger partial charge in [0, 0.05) is 11.9 Å². The van der Waals surface area contributed by atoms with Gasteiger partial charge >= 0.3 is 5.97 Å². The lowest BCUT2D eigenvalue weighted by molar-refractivity contribution is -0.142. The maximum Gasteiger partial charge on any atom is 0.308 e. The number of amides is 1. The molecule has 0 aliphatic rings. The van der Waals surface area contributed by atoms with Crippen molar-refractivity contribution in [3.8, 4) is 0 Å². The number of aromatic nitrogens is 4. The van der Waals surface area contributed by atoms with Crippen molar-refractivity contribution in [3.05, 3.63) is 53.6 Å². The third-order valence-corrected chi connectivity index (χ3v) is 5.29. The summed E-state index contributed by atoms with van der Waals surface area (Å²) in [5.41, 5.74) is 1.37. The molecule has 0 saturated carbocycles. The number of methoxy groups -OCH3 is 1. The number of esters is 1. The highest BCUT2D eigenvalue weighted by Gasteiger charge is 2.34. The zero-order chi connectivity index (χ0) is 21.9. The second kappa shape index (κ2) is 8.61. The minimum Gasteiger partial charge on any atom is -0.469 e. The van der Waals surface area contributed by atoms with E-state index >= 15 is 0 Å². The summed E-state index contributed by atoms with van der Waals surface area (Å²) in [6.45, 7) is 7.74. The zero-order valence-corrected chi connectivity index (χ0v) is 18.0. The van der Waals surface area contributed by atoms with Crippen LogP contribution < -0.4 is 5.32 Å². The maximum atomic E-state index is 13.4. The van der Waals surface area contributed by atoms with Gasteiger partial charge in [-0.25, -0.2) is 9.67 Å². The molecule has 0 spiro atoms. The minimum absolute atomic E-state index is 0.0500. The Morgan fingerprint density at radius 1 is 1.33 bits per heavy atom. The van der Waals surface area contributed by atoms with Gasteiger partial charge in [-0.15, -0.1) is 0 Å². The number of ether oxygens (including phenoxy) is 1. The Morgan fingerprint density at radius 3 is 2.73 bits per heavy atom. The predicted molar refractivity (Wildman–Crippen MR) is 113 cm³/mol. The van der Waals surface area contributed by atoms with E-state index in [4.69, 9.17) is 4.74 Å². The van der Waals surface area contributed by atoms with E-state index in [2.05, 4.69) is 34.2 Å². The van der Waals surface area contributed by atoms with E-state index < -0.39 is 11.5 Å². The summed E-state index contributed by atoms with van der Waals surface area (Å²) in [4.78, 5) is 34.4. The van der Waals surface area contributed by atoms with Crippen molar-refractivity contribution >= 4 is 22.9 Å². The van der Waals surface area contributed by atoms with E-state index in [1.807, 2.05) is 17.7 Å². The number of aryl methyl sites for hydroxylation is 1. The Morgan fingerprint density at radius 2 is 2.10 bits per heavy atom. The van der Waals surface area contributed by atoms with Gasteiger partial charge in [-0.1, -0.05) is 13.0 Å². The van der Waals surface area contributed by atoms with E-state index in [9.17, 15) is 9.59 Å². The summed E-state index contributed by atoms with van der Waals surface area (Å²) in [5.74, 6) is -0.768. The topological polar surface area (TPSA) is 99.0 Å². The first-order chi connectivity index (χ1) is 14.3. The smallest absolute Gasteiger partial charge is 0.308 e. The summed E-state index contributed by atoms with van der Waals surface area (Å²) in [6.07, 6.45) is 4.14. The molecule has 1 amide bonds. The van der Waals surface area contributed by atoms with Crippen LogP contribution in [0, 0.1) is 6.92 Å². The van der Waals surface area contributed by atoms with Gasteiger partial charge in [0.1, 0.15) is 0 Å². The molecule has 0 aromatic carbocycles. The van der Waals surface area contributed by atoms with Crippen LogP contribution in [0.2, 0.25) is 0 Å². The lowest BCUT2D eigenvalue weighted by Gasteiger charge is -2.29. The number of fused-ring (bicyclic) bond motifs is 1. The third kappa shape index (κ3) is 4.17. The number of nitrogens with one attached hydrogen (secondary N) is 1. The van der Waals surface area contributed by atoms with Crippen LogP contribution in [0.1, 0.15) is 61.4 Å². The standard InChI is InChI=1S/C22H27N5O3/c1-6-15(3)27-20-17(13-24-27)16(11-14(2)25-20)21(29)26-22(4,12-19(28)30-5)18-9-7-8-10-23-18/h7-11,13,15H,6,12H2,1-5H3,(H,26,29)/t15-,22+/m0/s1. The molecule has 3 rings (SSSR count). The molecule has 3 heterocycles. The largest absolute Gasteiger partial charge is 0.469 e. The first-order valence-corrected chi connectivity index (χ1v) is 9.94. The molecule has 0 fully saturated rings. The number of hydrogen-bond donors (Lipinski definition) is 1. The SMILES string of the molecule is CC[C@H](C)n1ncc2c(C(=O)N[C@](C)(CC(=O)OC)c3ccccn3)cc(C)nc21. The number of pyridine rings is 2. The van der Waals surface area contributed by atoms with E-state index in [0.717, 1.165) is 6.42 Å². The highest BCUT2D eigenvalue weighted by Crippen LogP contribution is 2.27. The van der Waals surface area contributed by atoms with Gasteiger partial charge in [0.05, 0.1) is 48.0 Å². The van der Waals surface area contributed by atoms with Crippen LogP contribution in [0.4, 0.5) is 0 Å². The molecule has 3 aromatic rings. The Labute approximate surface area is 175 Å². The summed E-state index contributed by atoms with van der Waals surface area (Å²) < 4.78 is 6.68. The Hall–Kier alpha value is -3.29. The van der Waals surface area contributed by atoms with Gasteiger partial charge in [0.25, 0.3) is 5.91 Å². The molecule has 0 radical (unpaired) electrons. The molecule has 30 heavy (non-hydrogen) atoms. The van der Waals surface area contributed by atoms with Gasteiger partial charge in [0.15, 0.2) is 5.65 Å². The molecule has 3 aromatic heterocycles. The molecule has 0 bridgehead atoms.